The number of benzene rings is 1. The molecule has 2 aromatic rings. The molecule has 0 spiro atoms. The smallest absolute Gasteiger partial charge is 0.188 e. The van der Waals surface area contributed by atoms with Crippen molar-refractivity contribution in [3.05, 3.63) is 59.6 Å². The van der Waals surface area contributed by atoms with Crippen molar-refractivity contribution in [2.45, 2.75) is 6.61 Å². The molecule has 0 radical (unpaired) electrons. The zero-order chi connectivity index (χ0) is 13.0. The van der Waals surface area contributed by atoms with Gasteiger partial charge in [0.05, 0.1) is 6.26 Å². The standard InChI is InChI=1S/C13H10F2O3/c14-11-4-3-9(6-12(11)15)13(16)8-17-7-10-2-1-5-18-10/h1-6H,7-8H2. The first-order chi connectivity index (χ1) is 8.66. The molecule has 0 bridgehead atoms. The lowest BCUT2D eigenvalue weighted by molar-refractivity contribution is 0.0690. The Labute approximate surface area is 102 Å². The molecule has 0 fully saturated rings. The van der Waals surface area contributed by atoms with E-state index in [0.717, 1.165) is 12.1 Å². The third-order valence-corrected chi connectivity index (χ3v) is 2.30. The number of Topliss-reactive ketones (excluding diaryl/α,β-unsaturated/α-hetero) is 1. The van der Waals surface area contributed by atoms with Crippen LogP contribution in [0.3, 0.4) is 0 Å². The largest absolute Gasteiger partial charge is 0.467 e. The van der Waals surface area contributed by atoms with Crippen LogP contribution in [0.5, 0.6) is 0 Å². The Morgan fingerprint density at radius 1 is 1.22 bits per heavy atom. The molecule has 0 saturated carbocycles. The summed E-state index contributed by atoms with van der Waals surface area (Å²) in [6, 6.07) is 6.40. The number of rotatable bonds is 5. The van der Waals surface area contributed by atoms with Gasteiger partial charge in [0.2, 0.25) is 0 Å². The van der Waals surface area contributed by atoms with Gasteiger partial charge >= 0.3 is 0 Å². The number of ether oxygens (including phenoxy) is 1. The second kappa shape index (κ2) is 5.55. The molecular formula is C13H10F2O3. The van der Waals surface area contributed by atoms with E-state index in [1.54, 1.807) is 12.1 Å². The SMILES string of the molecule is O=C(COCc1ccco1)c1ccc(F)c(F)c1. The minimum absolute atomic E-state index is 0.0772. The predicted molar refractivity (Wildman–Crippen MR) is 59.1 cm³/mol. The van der Waals surface area contributed by atoms with Crippen molar-refractivity contribution in [1.29, 1.82) is 0 Å². The van der Waals surface area contributed by atoms with Gasteiger partial charge in [-0.15, -0.1) is 0 Å². The van der Waals surface area contributed by atoms with E-state index < -0.39 is 17.4 Å². The molecule has 0 amide bonds. The van der Waals surface area contributed by atoms with Gasteiger partial charge in [0.25, 0.3) is 0 Å². The van der Waals surface area contributed by atoms with Gasteiger partial charge in [-0.25, -0.2) is 8.78 Å². The van der Waals surface area contributed by atoms with E-state index in [0.29, 0.717) is 5.76 Å². The van der Waals surface area contributed by atoms with Crippen molar-refractivity contribution >= 4 is 5.78 Å². The minimum atomic E-state index is -1.05. The molecule has 0 atom stereocenters. The maximum atomic E-state index is 12.9. The number of hydrogen-bond donors (Lipinski definition) is 0. The van der Waals surface area contributed by atoms with Crippen LogP contribution in [0.15, 0.2) is 41.0 Å². The van der Waals surface area contributed by atoms with Gasteiger partial charge in [0, 0.05) is 5.56 Å². The lowest BCUT2D eigenvalue weighted by atomic mass is 10.1. The number of ketones is 1. The Kier molecular flexibility index (Phi) is 3.84. The first-order valence-electron chi connectivity index (χ1n) is 5.25. The van der Waals surface area contributed by atoms with Crippen molar-refractivity contribution in [3.63, 3.8) is 0 Å². The van der Waals surface area contributed by atoms with E-state index in [2.05, 4.69) is 0 Å². The fraction of sp³-hybridized carbons (Fsp3) is 0.154. The first kappa shape index (κ1) is 12.4. The van der Waals surface area contributed by atoms with Crippen molar-refractivity contribution in [2.75, 3.05) is 6.61 Å². The molecule has 1 aromatic heterocycles. The van der Waals surface area contributed by atoms with Crippen molar-refractivity contribution < 1.29 is 22.7 Å². The van der Waals surface area contributed by atoms with Crippen LogP contribution in [0.2, 0.25) is 0 Å². The van der Waals surface area contributed by atoms with E-state index >= 15 is 0 Å². The minimum Gasteiger partial charge on any atom is -0.467 e. The number of halogens is 2. The molecule has 5 heteroatoms. The fourth-order valence-corrected chi connectivity index (χ4v) is 1.39. The Morgan fingerprint density at radius 2 is 2.06 bits per heavy atom. The number of carbonyl (C=O) groups excluding carboxylic acids is 1. The van der Waals surface area contributed by atoms with Crippen LogP contribution < -0.4 is 0 Å². The molecule has 0 saturated heterocycles. The van der Waals surface area contributed by atoms with Crippen LogP contribution >= 0.6 is 0 Å². The summed E-state index contributed by atoms with van der Waals surface area (Å²) < 4.78 is 35.7. The quantitative estimate of drug-likeness (QED) is 0.768. The monoisotopic (exact) mass is 252 g/mol. The van der Waals surface area contributed by atoms with Gasteiger partial charge in [0.15, 0.2) is 17.4 Å². The molecule has 18 heavy (non-hydrogen) atoms. The highest BCUT2D eigenvalue weighted by Gasteiger charge is 2.10. The van der Waals surface area contributed by atoms with Crippen molar-refractivity contribution in [1.82, 2.24) is 0 Å². The van der Waals surface area contributed by atoms with Gasteiger partial charge in [-0.05, 0) is 30.3 Å². The molecule has 2 rings (SSSR count). The van der Waals surface area contributed by atoms with Crippen molar-refractivity contribution in [3.8, 4) is 0 Å². The number of furan rings is 1. The van der Waals surface area contributed by atoms with Crippen LogP contribution in [0.25, 0.3) is 0 Å². The van der Waals surface area contributed by atoms with E-state index in [4.69, 9.17) is 9.15 Å². The lowest BCUT2D eigenvalue weighted by Gasteiger charge is -2.02. The van der Waals surface area contributed by atoms with Crippen LogP contribution in [0.4, 0.5) is 8.78 Å². The molecular weight excluding hydrogens is 242 g/mol. The summed E-state index contributed by atoms with van der Waals surface area (Å²) in [6.45, 7) is -0.0613. The van der Waals surface area contributed by atoms with Crippen LogP contribution in [0, 0.1) is 11.6 Å². The highest BCUT2D eigenvalue weighted by molar-refractivity contribution is 5.97. The summed E-state index contributed by atoms with van der Waals surface area (Å²) in [5.74, 6) is -1.86. The molecule has 0 unspecified atom stereocenters. The molecule has 0 aliphatic rings. The van der Waals surface area contributed by atoms with E-state index in [1.165, 1.54) is 12.3 Å². The van der Waals surface area contributed by atoms with Gasteiger partial charge in [0.1, 0.15) is 19.0 Å². The van der Waals surface area contributed by atoms with Crippen LogP contribution in [-0.2, 0) is 11.3 Å². The van der Waals surface area contributed by atoms with E-state index in [9.17, 15) is 13.6 Å². The topological polar surface area (TPSA) is 39.4 Å². The Morgan fingerprint density at radius 3 is 2.72 bits per heavy atom. The zero-order valence-electron chi connectivity index (χ0n) is 9.36. The summed E-state index contributed by atoms with van der Waals surface area (Å²) in [5.41, 5.74) is 0.0772. The molecule has 3 nitrogen and oxygen atoms in total. The van der Waals surface area contributed by atoms with E-state index in [-0.39, 0.29) is 18.8 Å². The van der Waals surface area contributed by atoms with Gasteiger partial charge in [-0.3, -0.25) is 4.79 Å². The second-order valence-electron chi connectivity index (χ2n) is 3.62. The average molecular weight is 252 g/mol. The molecule has 1 aromatic carbocycles. The van der Waals surface area contributed by atoms with E-state index in [1.807, 2.05) is 0 Å². The zero-order valence-corrected chi connectivity index (χ0v) is 9.36. The summed E-state index contributed by atoms with van der Waals surface area (Å²) in [4.78, 5) is 11.6. The van der Waals surface area contributed by atoms with Gasteiger partial charge < -0.3 is 9.15 Å². The second-order valence-corrected chi connectivity index (χ2v) is 3.62. The van der Waals surface area contributed by atoms with Gasteiger partial charge in [-0.2, -0.15) is 0 Å². The molecule has 1 heterocycles. The fourth-order valence-electron chi connectivity index (χ4n) is 1.39. The summed E-state index contributed by atoms with van der Waals surface area (Å²) in [5, 5.41) is 0. The normalized spacial score (nSPS) is 10.6. The van der Waals surface area contributed by atoms with Gasteiger partial charge in [-0.1, -0.05) is 0 Å². The highest BCUT2D eigenvalue weighted by atomic mass is 19.2. The van der Waals surface area contributed by atoms with Crippen LogP contribution in [-0.4, -0.2) is 12.4 Å². The number of hydrogen-bond acceptors (Lipinski definition) is 3. The Hall–Kier alpha value is -2.01. The third-order valence-electron chi connectivity index (χ3n) is 2.30. The molecule has 0 N–H and O–H groups in total. The predicted octanol–water partition coefficient (Wildman–Crippen LogP) is 2.96. The maximum absolute atomic E-state index is 12.9. The van der Waals surface area contributed by atoms with Crippen LogP contribution in [0.1, 0.15) is 16.1 Å². The molecule has 0 aliphatic carbocycles. The lowest BCUT2D eigenvalue weighted by Crippen LogP contribution is -2.09. The highest BCUT2D eigenvalue weighted by Crippen LogP contribution is 2.10. The summed E-state index contributed by atoms with van der Waals surface area (Å²) in [6.07, 6.45) is 1.50. The summed E-state index contributed by atoms with van der Waals surface area (Å²) in [7, 11) is 0. The summed E-state index contributed by atoms with van der Waals surface area (Å²) >= 11 is 0. The maximum Gasteiger partial charge on any atom is 0.188 e. The third kappa shape index (κ3) is 3.01. The average Bonchev–Trinajstić information content (AvgIpc) is 2.85. The van der Waals surface area contributed by atoms with Crippen molar-refractivity contribution in [2.24, 2.45) is 0 Å². The Balaban J connectivity index is 1.89. The molecule has 94 valence electrons. The molecule has 0 aliphatic heterocycles. The Bertz CT molecular complexity index is 535. The first-order valence-corrected chi connectivity index (χ1v) is 5.25. The number of carbonyl (C=O) groups is 1.